The molecular weight excluding hydrogens is 203 g/mol. The van der Waals surface area contributed by atoms with Gasteiger partial charge in [-0.3, -0.25) is 0 Å². The fraction of sp³-hybridized carbons (Fsp3) is 0.273. The average molecular weight is 215 g/mol. The monoisotopic (exact) mass is 214 g/mol. The molecule has 0 fully saturated rings. The van der Waals surface area contributed by atoms with Crippen LogP contribution in [0.2, 0.25) is 0 Å². The Morgan fingerprint density at radius 1 is 1.43 bits per heavy atom. The van der Waals surface area contributed by atoms with Gasteiger partial charge in [0.1, 0.15) is 5.82 Å². The van der Waals surface area contributed by atoms with E-state index in [0.29, 0.717) is 11.4 Å². The Hall–Kier alpha value is -0.860. The highest BCUT2D eigenvalue weighted by Crippen LogP contribution is 2.11. The molecule has 0 aliphatic heterocycles. The summed E-state index contributed by atoms with van der Waals surface area (Å²) in [5.74, 6) is 0.189. The molecule has 1 aromatic rings. The maximum Gasteiger partial charge on any atom is 0.129 e. The van der Waals surface area contributed by atoms with E-state index >= 15 is 0 Å². The van der Waals surface area contributed by atoms with E-state index in [0.717, 1.165) is 12.0 Å². The summed E-state index contributed by atoms with van der Waals surface area (Å²) in [4.78, 5) is 0. The van der Waals surface area contributed by atoms with Crippen LogP contribution < -0.4 is 0 Å². The number of rotatable bonds is 4. The number of hydrogen-bond acceptors (Lipinski definition) is 1. The van der Waals surface area contributed by atoms with Crippen molar-refractivity contribution in [2.24, 2.45) is 0 Å². The van der Waals surface area contributed by atoms with Crippen molar-refractivity contribution in [2.45, 2.75) is 13.0 Å². The third kappa shape index (κ3) is 3.13. The number of aliphatic hydroxyl groups excluding tert-OH is 1. The van der Waals surface area contributed by atoms with Gasteiger partial charge in [-0.25, -0.2) is 4.39 Å². The Kier molecular flexibility index (Phi) is 4.63. The van der Waals surface area contributed by atoms with Crippen LogP contribution in [0.1, 0.15) is 17.5 Å². The topological polar surface area (TPSA) is 20.2 Å². The molecule has 1 nitrogen and oxygen atoms in total. The lowest BCUT2D eigenvalue weighted by Gasteiger charge is -1.99. The fourth-order valence-corrected chi connectivity index (χ4v) is 1.20. The lowest BCUT2D eigenvalue weighted by Crippen LogP contribution is -1.89. The van der Waals surface area contributed by atoms with Gasteiger partial charge in [-0.05, 0) is 18.1 Å². The van der Waals surface area contributed by atoms with Crippen LogP contribution in [-0.2, 0) is 6.61 Å². The first-order valence-corrected chi connectivity index (χ1v) is 4.93. The summed E-state index contributed by atoms with van der Waals surface area (Å²) in [6.07, 6.45) is 4.47. The molecule has 0 bridgehead atoms. The number of hydrogen-bond donors (Lipinski definition) is 1. The lowest BCUT2D eigenvalue weighted by atomic mass is 10.1. The van der Waals surface area contributed by atoms with Crippen LogP contribution in [0.3, 0.4) is 0 Å². The van der Waals surface area contributed by atoms with Crippen molar-refractivity contribution in [3.63, 3.8) is 0 Å². The third-order valence-electron chi connectivity index (χ3n) is 1.83. The zero-order valence-corrected chi connectivity index (χ0v) is 8.47. The summed E-state index contributed by atoms with van der Waals surface area (Å²) >= 11 is 5.49. The van der Waals surface area contributed by atoms with Crippen molar-refractivity contribution in [2.75, 3.05) is 5.88 Å². The van der Waals surface area contributed by atoms with E-state index in [9.17, 15) is 4.39 Å². The maximum atomic E-state index is 13.1. The molecule has 1 N–H and O–H groups in total. The smallest absolute Gasteiger partial charge is 0.129 e. The Bertz CT molecular complexity index is 323. The van der Waals surface area contributed by atoms with E-state index < -0.39 is 0 Å². The van der Waals surface area contributed by atoms with E-state index in [1.165, 1.54) is 6.07 Å². The standard InChI is InChI=1S/C11H12ClFO/c12-6-2-1-3-9-4-5-10(8-14)11(13)7-9/h1,3-5,7,14H,2,6,8H2. The Morgan fingerprint density at radius 3 is 2.79 bits per heavy atom. The van der Waals surface area contributed by atoms with Crippen molar-refractivity contribution in [3.05, 3.63) is 41.2 Å². The first-order chi connectivity index (χ1) is 6.77. The molecule has 3 heteroatoms. The molecule has 0 aliphatic carbocycles. The number of alkyl halides is 1. The van der Waals surface area contributed by atoms with Crippen molar-refractivity contribution >= 4 is 17.7 Å². The molecule has 0 unspecified atom stereocenters. The summed E-state index contributed by atoms with van der Waals surface area (Å²) in [5.41, 5.74) is 1.10. The molecule has 1 rings (SSSR count). The number of benzene rings is 1. The fourth-order valence-electron chi connectivity index (χ4n) is 1.08. The summed E-state index contributed by atoms with van der Waals surface area (Å²) in [7, 11) is 0. The van der Waals surface area contributed by atoms with Gasteiger partial charge < -0.3 is 5.11 Å². The molecule has 1 aromatic carbocycles. The van der Waals surface area contributed by atoms with Gasteiger partial charge in [0, 0.05) is 11.4 Å². The number of halogens is 2. The first kappa shape index (κ1) is 11.2. The molecule has 0 aromatic heterocycles. The van der Waals surface area contributed by atoms with Gasteiger partial charge in [0.25, 0.3) is 0 Å². The van der Waals surface area contributed by atoms with Gasteiger partial charge >= 0.3 is 0 Å². The van der Waals surface area contributed by atoms with E-state index in [-0.39, 0.29) is 12.4 Å². The third-order valence-corrected chi connectivity index (χ3v) is 2.05. The predicted octanol–water partition coefficient (Wildman–Crippen LogP) is 2.96. The minimum absolute atomic E-state index is 0.266. The van der Waals surface area contributed by atoms with Gasteiger partial charge in [-0.1, -0.05) is 24.3 Å². The SMILES string of the molecule is OCc1ccc(C=CCCCl)cc1F. The molecular formula is C11H12ClFO. The Balaban J connectivity index is 2.76. The van der Waals surface area contributed by atoms with Crippen LogP contribution in [0.15, 0.2) is 24.3 Å². The van der Waals surface area contributed by atoms with Crippen LogP contribution in [-0.4, -0.2) is 11.0 Å². The second-order valence-electron chi connectivity index (χ2n) is 2.89. The Labute approximate surface area is 87.8 Å². The van der Waals surface area contributed by atoms with Gasteiger partial charge in [-0.15, -0.1) is 11.6 Å². The van der Waals surface area contributed by atoms with Gasteiger partial charge in [-0.2, -0.15) is 0 Å². The van der Waals surface area contributed by atoms with Crippen LogP contribution in [0.25, 0.3) is 6.08 Å². The second kappa shape index (κ2) is 5.78. The van der Waals surface area contributed by atoms with E-state index in [1.807, 2.05) is 12.2 Å². The molecule has 0 amide bonds. The maximum absolute atomic E-state index is 13.1. The lowest BCUT2D eigenvalue weighted by molar-refractivity contribution is 0.275. The van der Waals surface area contributed by atoms with Crippen LogP contribution in [0.4, 0.5) is 4.39 Å². The molecule has 76 valence electrons. The molecule has 0 spiro atoms. The average Bonchev–Trinajstić information content (AvgIpc) is 2.18. The van der Waals surface area contributed by atoms with E-state index in [1.54, 1.807) is 12.1 Å². The van der Waals surface area contributed by atoms with Gasteiger partial charge in [0.05, 0.1) is 6.61 Å². The molecule has 0 radical (unpaired) electrons. The summed E-state index contributed by atoms with van der Waals surface area (Å²) in [6, 6.07) is 4.74. The molecule has 0 heterocycles. The van der Waals surface area contributed by atoms with Crippen LogP contribution in [0.5, 0.6) is 0 Å². The number of aliphatic hydroxyl groups is 1. The van der Waals surface area contributed by atoms with Gasteiger partial charge in [0.15, 0.2) is 0 Å². The second-order valence-corrected chi connectivity index (χ2v) is 3.27. The summed E-state index contributed by atoms with van der Waals surface area (Å²) in [5, 5.41) is 8.75. The Morgan fingerprint density at radius 2 is 2.21 bits per heavy atom. The molecule has 14 heavy (non-hydrogen) atoms. The minimum Gasteiger partial charge on any atom is -0.392 e. The summed E-state index contributed by atoms with van der Waals surface area (Å²) in [6.45, 7) is -0.266. The van der Waals surface area contributed by atoms with Crippen LogP contribution >= 0.6 is 11.6 Å². The van der Waals surface area contributed by atoms with Crippen molar-refractivity contribution in [1.29, 1.82) is 0 Å². The first-order valence-electron chi connectivity index (χ1n) is 4.39. The van der Waals surface area contributed by atoms with Gasteiger partial charge in [0.2, 0.25) is 0 Å². The minimum atomic E-state index is -0.375. The number of allylic oxidation sites excluding steroid dienone is 1. The highest BCUT2D eigenvalue weighted by atomic mass is 35.5. The normalized spacial score (nSPS) is 11.1. The van der Waals surface area contributed by atoms with Crippen LogP contribution in [0, 0.1) is 5.82 Å². The quantitative estimate of drug-likeness (QED) is 0.765. The molecule has 0 atom stereocenters. The zero-order chi connectivity index (χ0) is 10.4. The highest BCUT2D eigenvalue weighted by molar-refractivity contribution is 6.17. The molecule has 0 aliphatic rings. The molecule has 0 saturated carbocycles. The predicted molar refractivity (Wildman–Crippen MR) is 56.7 cm³/mol. The molecule has 0 saturated heterocycles. The largest absolute Gasteiger partial charge is 0.392 e. The van der Waals surface area contributed by atoms with Crippen molar-refractivity contribution in [1.82, 2.24) is 0 Å². The van der Waals surface area contributed by atoms with Crippen molar-refractivity contribution < 1.29 is 9.50 Å². The van der Waals surface area contributed by atoms with E-state index in [4.69, 9.17) is 16.7 Å². The van der Waals surface area contributed by atoms with E-state index in [2.05, 4.69) is 0 Å². The van der Waals surface area contributed by atoms with Crippen molar-refractivity contribution in [3.8, 4) is 0 Å². The summed E-state index contributed by atoms with van der Waals surface area (Å²) < 4.78 is 13.1. The zero-order valence-electron chi connectivity index (χ0n) is 7.71. The highest BCUT2D eigenvalue weighted by Gasteiger charge is 1.99.